The van der Waals surface area contributed by atoms with Gasteiger partial charge in [0.2, 0.25) is 0 Å². The first-order valence-electron chi connectivity index (χ1n) is 5.87. The fourth-order valence-corrected chi connectivity index (χ4v) is 2.36. The van der Waals surface area contributed by atoms with E-state index in [2.05, 4.69) is 16.7 Å². The van der Waals surface area contributed by atoms with Crippen molar-refractivity contribution in [2.45, 2.75) is 25.8 Å². The van der Waals surface area contributed by atoms with Crippen LogP contribution in [0.25, 0.3) is 0 Å². The van der Waals surface area contributed by atoms with E-state index in [4.69, 9.17) is 5.11 Å². The molecule has 1 atom stereocenters. The van der Waals surface area contributed by atoms with Gasteiger partial charge >= 0.3 is 0 Å². The molecule has 1 aliphatic heterocycles. The number of hydrogen-bond donors (Lipinski definition) is 1. The van der Waals surface area contributed by atoms with Crippen LogP contribution in [0.15, 0.2) is 0 Å². The Hall–Kier alpha value is -0.120. The van der Waals surface area contributed by atoms with E-state index in [1.54, 1.807) is 0 Å². The number of β-amino-alcohol motifs (C(OH)–C–C–N with tert-alkyl or cyclic N) is 1. The van der Waals surface area contributed by atoms with Gasteiger partial charge in [0.1, 0.15) is 0 Å². The molecular weight excluding hydrogens is 176 g/mol. The van der Waals surface area contributed by atoms with Crippen molar-refractivity contribution in [3.8, 4) is 0 Å². The molecule has 0 radical (unpaired) electrons. The molecule has 1 aliphatic carbocycles. The second-order valence-corrected chi connectivity index (χ2v) is 4.81. The normalized spacial score (nSPS) is 30.9. The van der Waals surface area contributed by atoms with Crippen LogP contribution in [0, 0.1) is 5.92 Å². The maximum Gasteiger partial charge on any atom is 0.0558 e. The lowest BCUT2D eigenvalue weighted by Crippen LogP contribution is -2.52. The van der Waals surface area contributed by atoms with Gasteiger partial charge in [0, 0.05) is 38.8 Å². The monoisotopic (exact) mass is 198 g/mol. The molecule has 1 saturated heterocycles. The van der Waals surface area contributed by atoms with Crippen molar-refractivity contribution in [2.75, 3.05) is 39.3 Å². The fraction of sp³-hybridized carbons (Fsp3) is 1.00. The number of aliphatic hydroxyl groups is 1. The number of rotatable bonds is 4. The molecular formula is C11H22N2O. The van der Waals surface area contributed by atoms with E-state index in [9.17, 15) is 0 Å². The van der Waals surface area contributed by atoms with Crippen LogP contribution in [0.2, 0.25) is 0 Å². The summed E-state index contributed by atoms with van der Waals surface area (Å²) in [6, 6.07) is 0.620. The van der Waals surface area contributed by atoms with Crippen molar-refractivity contribution in [3.05, 3.63) is 0 Å². The zero-order valence-electron chi connectivity index (χ0n) is 9.15. The maximum absolute atomic E-state index is 8.90. The van der Waals surface area contributed by atoms with Crippen LogP contribution < -0.4 is 0 Å². The number of piperazine rings is 1. The molecule has 0 unspecified atom stereocenters. The van der Waals surface area contributed by atoms with Gasteiger partial charge < -0.3 is 10.0 Å². The summed E-state index contributed by atoms with van der Waals surface area (Å²) in [5.74, 6) is 1.01. The largest absolute Gasteiger partial charge is 0.395 e. The molecule has 14 heavy (non-hydrogen) atoms. The maximum atomic E-state index is 8.90. The average Bonchev–Trinajstić information content (AvgIpc) is 2.94. The summed E-state index contributed by atoms with van der Waals surface area (Å²) in [4.78, 5) is 4.99. The van der Waals surface area contributed by atoms with Gasteiger partial charge in [-0.05, 0) is 25.7 Å². The summed E-state index contributed by atoms with van der Waals surface area (Å²) in [5.41, 5.74) is 0. The Kier molecular flexibility index (Phi) is 3.42. The van der Waals surface area contributed by atoms with E-state index in [1.807, 2.05) is 0 Å². The van der Waals surface area contributed by atoms with Gasteiger partial charge in [0.15, 0.2) is 0 Å². The third-order valence-electron chi connectivity index (χ3n) is 3.45. The van der Waals surface area contributed by atoms with E-state index in [1.165, 1.54) is 32.5 Å². The third kappa shape index (κ3) is 2.69. The van der Waals surface area contributed by atoms with Crippen molar-refractivity contribution >= 4 is 0 Å². The minimum atomic E-state index is 0.299. The van der Waals surface area contributed by atoms with Gasteiger partial charge in [0.05, 0.1) is 6.61 Å². The van der Waals surface area contributed by atoms with E-state index >= 15 is 0 Å². The molecule has 1 heterocycles. The molecule has 3 nitrogen and oxygen atoms in total. The minimum absolute atomic E-state index is 0.299. The van der Waals surface area contributed by atoms with Crippen molar-refractivity contribution in [3.63, 3.8) is 0 Å². The molecule has 0 amide bonds. The van der Waals surface area contributed by atoms with Gasteiger partial charge in [0.25, 0.3) is 0 Å². The molecule has 82 valence electrons. The summed E-state index contributed by atoms with van der Waals surface area (Å²) in [5, 5.41) is 8.90. The molecule has 1 N–H and O–H groups in total. The van der Waals surface area contributed by atoms with Crippen LogP contribution in [-0.4, -0.2) is 60.3 Å². The lowest BCUT2D eigenvalue weighted by atomic mass is 10.2. The van der Waals surface area contributed by atoms with Gasteiger partial charge in [-0.2, -0.15) is 0 Å². The van der Waals surface area contributed by atoms with Crippen molar-refractivity contribution in [2.24, 2.45) is 5.92 Å². The smallest absolute Gasteiger partial charge is 0.0558 e. The first-order chi connectivity index (χ1) is 6.79. The molecule has 0 aromatic heterocycles. The summed E-state index contributed by atoms with van der Waals surface area (Å²) >= 11 is 0. The number of nitrogens with zero attached hydrogens (tertiary/aromatic N) is 2. The lowest BCUT2D eigenvalue weighted by Gasteiger charge is -2.39. The molecule has 0 spiro atoms. The fourth-order valence-electron chi connectivity index (χ4n) is 2.36. The molecule has 2 rings (SSSR count). The van der Waals surface area contributed by atoms with E-state index in [0.29, 0.717) is 12.6 Å². The Morgan fingerprint density at radius 3 is 2.64 bits per heavy atom. The zero-order valence-corrected chi connectivity index (χ0v) is 9.15. The van der Waals surface area contributed by atoms with Crippen LogP contribution in [0.1, 0.15) is 19.8 Å². The van der Waals surface area contributed by atoms with E-state index in [0.717, 1.165) is 19.0 Å². The summed E-state index contributed by atoms with van der Waals surface area (Å²) < 4.78 is 0. The molecule has 2 aliphatic rings. The first-order valence-corrected chi connectivity index (χ1v) is 5.87. The highest BCUT2D eigenvalue weighted by Crippen LogP contribution is 2.30. The van der Waals surface area contributed by atoms with E-state index in [-0.39, 0.29) is 0 Å². The van der Waals surface area contributed by atoms with Crippen LogP contribution >= 0.6 is 0 Å². The Balaban J connectivity index is 1.73. The summed E-state index contributed by atoms with van der Waals surface area (Å²) in [6.07, 6.45) is 2.90. The van der Waals surface area contributed by atoms with Gasteiger partial charge in [-0.25, -0.2) is 0 Å². The van der Waals surface area contributed by atoms with Gasteiger partial charge in [-0.15, -0.1) is 0 Å². The number of aliphatic hydroxyl groups excluding tert-OH is 1. The Bertz CT molecular complexity index is 182. The summed E-state index contributed by atoms with van der Waals surface area (Å²) in [6.45, 7) is 8.25. The quantitative estimate of drug-likeness (QED) is 0.708. The number of hydrogen-bond acceptors (Lipinski definition) is 3. The van der Waals surface area contributed by atoms with Gasteiger partial charge in [-0.3, -0.25) is 4.90 Å². The SMILES string of the molecule is C[C@H]1CN(CC2CC2)CCN1CCO. The average molecular weight is 198 g/mol. The first kappa shape index (κ1) is 10.4. The van der Waals surface area contributed by atoms with Crippen LogP contribution in [0.5, 0.6) is 0 Å². The Morgan fingerprint density at radius 1 is 1.29 bits per heavy atom. The predicted octanol–water partition coefficient (Wildman–Crippen LogP) is 0.395. The molecule has 0 bridgehead atoms. The molecule has 1 saturated carbocycles. The van der Waals surface area contributed by atoms with Crippen molar-refractivity contribution in [1.29, 1.82) is 0 Å². The lowest BCUT2D eigenvalue weighted by molar-refractivity contribution is 0.0662. The van der Waals surface area contributed by atoms with Crippen LogP contribution in [0.3, 0.4) is 0 Å². The Morgan fingerprint density at radius 2 is 2.07 bits per heavy atom. The van der Waals surface area contributed by atoms with E-state index < -0.39 is 0 Å². The molecule has 0 aromatic carbocycles. The molecule has 3 heteroatoms. The zero-order chi connectivity index (χ0) is 9.97. The van der Waals surface area contributed by atoms with Crippen molar-refractivity contribution < 1.29 is 5.11 Å². The second kappa shape index (κ2) is 4.60. The second-order valence-electron chi connectivity index (χ2n) is 4.81. The standard InChI is InChI=1S/C11H22N2O/c1-10-8-12(9-11-2-3-11)4-5-13(10)6-7-14/h10-11,14H,2-9H2,1H3/t10-/m0/s1. The van der Waals surface area contributed by atoms with Crippen LogP contribution in [0.4, 0.5) is 0 Å². The topological polar surface area (TPSA) is 26.7 Å². The molecule has 0 aromatic rings. The third-order valence-corrected chi connectivity index (χ3v) is 3.45. The predicted molar refractivity (Wildman–Crippen MR) is 57.3 cm³/mol. The highest BCUT2D eigenvalue weighted by atomic mass is 16.3. The van der Waals surface area contributed by atoms with Crippen LogP contribution in [-0.2, 0) is 0 Å². The highest BCUT2D eigenvalue weighted by molar-refractivity contribution is 4.83. The highest BCUT2D eigenvalue weighted by Gasteiger charge is 2.28. The summed E-state index contributed by atoms with van der Waals surface area (Å²) in [7, 11) is 0. The minimum Gasteiger partial charge on any atom is -0.395 e. The van der Waals surface area contributed by atoms with Gasteiger partial charge in [-0.1, -0.05) is 0 Å². The van der Waals surface area contributed by atoms with Crippen molar-refractivity contribution in [1.82, 2.24) is 9.80 Å². The molecule has 2 fully saturated rings. The Labute approximate surface area is 86.7 Å².